The van der Waals surface area contributed by atoms with Crippen LogP contribution >= 0.6 is 0 Å². The molecule has 0 saturated heterocycles. The zero-order chi connectivity index (χ0) is 24.5. The molecule has 0 spiro atoms. The molecule has 0 aliphatic carbocycles. The third kappa shape index (κ3) is 4.21. The summed E-state index contributed by atoms with van der Waals surface area (Å²) in [5.41, 5.74) is 1.74. The first-order valence-electron chi connectivity index (χ1n) is 11.1. The number of benzene rings is 2. The van der Waals surface area contributed by atoms with E-state index in [0.29, 0.717) is 0 Å². The first-order valence-corrected chi connectivity index (χ1v) is 11.1. The quantitative estimate of drug-likeness (QED) is 0.385. The van der Waals surface area contributed by atoms with Crippen LogP contribution in [0.15, 0.2) is 89.9 Å². The monoisotopic (exact) mass is 467 g/mol. The van der Waals surface area contributed by atoms with E-state index in [-0.39, 0.29) is 40.3 Å². The van der Waals surface area contributed by atoms with Crippen LogP contribution in [0.2, 0.25) is 0 Å². The molecule has 8 heteroatoms. The number of fused-ring (bicyclic) bond motifs is 2. The third-order valence-corrected chi connectivity index (χ3v) is 5.95. The molecule has 1 atom stereocenters. The van der Waals surface area contributed by atoms with Gasteiger partial charge in [0, 0.05) is 6.20 Å². The van der Waals surface area contributed by atoms with Crippen LogP contribution in [0, 0.1) is 11.2 Å². The number of hydrogen-bond acceptors (Lipinski definition) is 4. The molecule has 3 heterocycles. The number of amides is 1. The SMILES string of the molecule is C[C@H](NC(=O)c1cc2c(=O)n3cc(F)ccc3nc2n(Cc2ccccc2)c1=N)c1ccccc1. The van der Waals surface area contributed by atoms with Gasteiger partial charge in [-0.25, -0.2) is 9.37 Å². The average Bonchev–Trinajstić information content (AvgIpc) is 2.87. The lowest BCUT2D eigenvalue weighted by Crippen LogP contribution is -2.36. The van der Waals surface area contributed by atoms with Crippen LogP contribution < -0.4 is 16.4 Å². The Bertz CT molecular complexity index is 1680. The fourth-order valence-corrected chi connectivity index (χ4v) is 4.10. The largest absolute Gasteiger partial charge is 0.345 e. The van der Waals surface area contributed by atoms with Crippen LogP contribution in [0.4, 0.5) is 4.39 Å². The molecule has 0 bridgehead atoms. The predicted octanol–water partition coefficient (Wildman–Crippen LogP) is 3.81. The standard InChI is InChI=1S/C27H22FN5O2/c1-17(19-10-6-3-7-11-19)30-26(34)21-14-22-25(31-23-13-12-20(28)16-32(23)27(22)35)33(24(21)29)15-18-8-4-2-5-9-18/h2-14,16-17,29H,15H2,1H3,(H,30,34)/t17-/m0/s1. The van der Waals surface area contributed by atoms with E-state index in [2.05, 4.69) is 10.3 Å². The molecule has 0 unspecified atom stereocenters. The molecule has 1 amide bonds. The lowest BCUT2D eigenvalue weighted by molar-refractivity contribution is 0.0937. The van der Waals surface area contributed by atoms with Gasteiger partial charge in [-0.2, -0.15) is 0 Å². The summed E-state index contributed by atoms with van der Waals surface area (Å²) >= 11 is 0. The number of carbonyl (C=O) groups is 1. The van der Waals surface area contributed by atoms with Crippen LogP contribution in [0.25, 0.3) is 16.7 Å². The van der Waals surface area contributed by atoms with Gasteiger partial charge in [-0.15, -0.1) is 0 Å². The number of nitrogens with zero attached hydrogens (tertiary/aromatic N) is 3. The Morgan fingerprint density at radius 2 is 1.74 bits per heavy atom. The smallest absolute Gasteiger partial charge is 0.267 e. The van der Waals surface area contributed by atoms with E-state index >= 15 is 0 Å². The first-order chi connectivity index (χ1) is 16.9. The van der Waals surface area contributed by atoms with Gasteiger partial charge in [0.25, 0.3) is 11.5 Å². The van der Waals surface area contributed by atoms with Crippen molar-refractivity contribution in [1.29, 1.82) is 5.41 Å². The average molecular weight is 468 g/mol. The van der Waals surface area contributed by atoms with E-state index in [1.54, 1.807) is 0 Å². The summed E-state index contributed by atoms with van der Waals surface area (Å²) in [4.78, 5) is 31.2. The number of pyridine rings is 2. The summed E-state index contributed by atoms with van der Waals surface area (Å²) in [5.74, 6) is -1.07. The molecule has 3 aromatic heterocycles. The molecule has 0 radical (unpaired) electrons. The molecule has 0 aliphatic rings. The van der Waals surface area contributed by atoms with E-state index < -0.39 is 17.3 Å². The second-order valence-corrected chi connectivity index (χ2v) is 8.31. The summed E-state index contributed by atoms with van der Waals surface area (Å²) in [7, 11) is 0. The summed E-state index contributed by atoms with van der Waals surface area (Å²) in [6.07, 6.45) is 1.07. The van der Waals surface area contributed by atoms with Gasteiger partial charge >= 0.3 is 0 Å². The number of carbonyl (C=O) groups excluding carboxylic acids is 1. The van der Waals surface area contributed by atoms with Crippen molar-refractivity contribution in [3.05, 3.63) is 123 Å². The van der Waals surface area contributed by atoms with Crippen LogP contribution in [-0.2, 0) is 6.54 Å². The van der Waals surface area contributed by atoms with Gasteiger partial charge in [0.1, 0.15) is 22.6 Å². The van der Waals surface area contributed by atoms with Crippen LogP contribution in [0.3, 0.4) is 0 Å². The van der Waals surface area contributed by atoms with Gasteiger partial charge in [0.05, 0.1) is 23.5 Å². The molecular formula is C27H22FN5O2. The van der Waals surface area contributed by atoms with Crippen molar-refractivity contribution in [2.45, 2.75) is 19.5 Å². The highest BCUT2D eigenvalue weighted by atomic mass is 19.1. The Morgan fingerprint density at radius 3 is 2.46 bits per heavy atom. The van der Waals surface area contributed by atoms with Crippen molar-refractivity contribution < 1.29 is 9.18 Å². The number of hydrogen-bond donors (Lipinski definition) is 2. The van der Waals surface area contributed by atoms with Crippen molar-refractivity contribution >= 4 is 22.6 Å². The number of aromatic nitrogens is 3. The van der Waals surface area contributed by atoms with E-state index in [1.165, 1.54) is 22.8 Å². The van der Waals surface area contributed by atoms with Crippen molar-refractivity contribution in [3.8, 4) is 0 Å². The van der Waals surface area contributed by atoms with E-state index in [0.717, 1.165) is 21.7 Å². The maximum Gasteiger partial charge on any atom is 0.267 e. The Kier molecular flexibility index (Phi) is 5.70. The number of halogens is 1. The molecule has 0 fully saturated rings. The summed E-state index contributed by atoms with van der Waals surface area (Å²) in [6, 6.07) is 22.6. The Morgan fingerprint density at radius 1 is 1.06 bits per heavy atom. The molecule has 2 N–H and O–H groups in total. The Balaban J connectivity index is 1.70. The minimum Gasteiger partial charge on any atom is -0.345 e. The second-order valence-electron chi connectivity index (χ2n) is 8.31. The highest BCUT2D eigenvalue weighted by Crippen LogP contribution is 2.15. The molecule has 174 valence electrons. The van der Waals surface area contributed by atoms with E-state index in [1.807, 2.05) is 67.6 Å². The van der Waals surface area contributed by atoms with Gasteiger partial charge in [-0.3, -0.25) is 19.4 Å². The lowest BCUT2D eigenvalue weighted by atomic mass is 10.1. The van der Waals surface area contributed by atoms with Crippen LogP contribution in [-0.4, -0.2) is 19.9 Å². The van der Waals surface area contributed by atoms with Crippen molar-refractivity contribution in [1.82, 2.24) is 19.3 Å². The van der Waals surface area contributed by atoms with E-state index in [4.69, 9.17) is 5.41 Å². The molecule has 0 aliphatic heterocycles. The molecule has 2 aromatic carbocycles. The minimum atomic E-state index is -0.579. The van der Waals surface area contributed by atoms with Crippen molar-refractivity contribution in [3.63, 3.8) is 0 Å². The summed E-state index contributed by atoms with van der Waals surface area (Å²) in [6.45, 7) is 2.08. The first kappa shape index (κ1) is 22.2. The maximum atomic E-state index is 13.9. The normalized spacial score (nSPS) is 12.1. The molecule has 0 saturated carbocycles. The minimum absolute atomic E-state index is 0.0338. The van der Waals surface area contributed by atoms with Gasteiger partial charge in [-0.05, 0) is 36.2 Å². The van der Waals surface area contributed by atoms with Crippen LogP contribution in [0.5, 0.6) is 0 Å². The maximum absolute atomic E-state index is 13.9. The van der Waals surface area contributed by atoms with Gasteiger partial charge in [0.2, 0.25) is 0 Å². The lowest BCUT2D eigenvalue weighted by Gasteiger charge is -2.17. The molecule has 5 aromatic rings. The summed E-state index contributed by atoms with van der Waals surface area (Å²) < 4.78 is 16.5. The van der Waals surface area contributed by atoms with Crippen molar-refractivity contribution in [2.75, 3.05) is 0 Å². The molecule has 7 nitrogen and oxygen atoms in total. The van der Waals surface area contributed by atoms with Gasteiger partial charge in [0.15, 0.2) is 0 Å². The van der Waals surface area contributed by atoms with Gasteiger partial charge in [-0.1, -0.05) is 60.7 Å². The second kappa shape index (κ2) is 8.98. The third-order valence-electron chi connectivity index (χ3n) is 5.95. The number of nitrogens with one attached hydrogen (secondary N) is 2. The van der Waals surface area contributed by atoms with Crippen LogP contribution in [0.1, 0.15) is 34.5 Å². The summed E-state index contributed by atoms with van der Waals surface area (Å²) in [5, 5.41) is 11.9. The van der Waals surface area contributed by atoms with Crippen molar-refractivity contribution in [2.24, 2.45) is 0 Å². The topological polar surface area (TPSA) is 92.2 Å². The highest BCUT2D eigenvalue weighted by molar-refractivity contribution is 5.97. The zero-order valence-electron chi connectivity index (χ0n) is 18.9. The van der Waals surface area contributed by atoms with E-state index in [9.17, 15) is 14.0 Å². The Hall–Kier alpha value is -4.59. The molecule has 5 rings (SSSR count). The molecular weight excluding hydrogens is 445 g/mol. The fraction of sp³-hybridized carbons (Fsp3) is 0.111. The predicted molar refractivity (Wildman–Crippen MR) is 131 cm³/mol. The Labute approximate surface area is 199 Å². The highest BCUT2D eigenvalue weighted by Gasteiger charge is 2.19. The number of rotatable bonds is 5. The zero-order valence-corrected chi connectivity index (χ0v) is 18.9. The fourth-order valence-electron chi connectivity index (χ4n) is 4.10. The molecule has 35 heavy (non-hydrogen) atoms. The van der Waals surface area contributed by atoms with Gasteiger partial charge < -0.3 is 9.88 Å².